The molecule has 27 heavy (non-hydrogen) atoms. The number of benzene rings is 2. The third kappa shape index (κ3) is 3.76. The quantitative estimate of drug-likeness (QED) is 0.382. The van der Waals surface area contributed by atoms with Crippen molar-refractivity contribution in [1.82, 2.24) is 5.43 Å². The summed E-state index contributed by atoms with van der Waals surface area (Å²) in [7, 11) is 1.36. The van der Waals surface area contributed by atoms with Crippen molar-refractivity contribution in [3.8, 4) is 5.75 Å². The van der Waals surface area contributed by atoms with E-state index < -0.39 is 10.8 Å². The molecule has 0 saturated heterocycles. The van der Waals surface area contributed by atoms with E-state index in [1.807, 2.05) is 24.3 Å². The van der Waals surface area contributed by atoms with Crippen molar-refractivity contribution in [2.45, 2.75) is 6.92 Å². The van der Waals surface area contributed by atoms with Gasteiger partial charge in [-0.1, -0.05) is 29.8 Å². The maximum atomic E-state index is 12.4. The van der Waals surface area contributed by atoms with Gasteiger partial charge in [0.25, 0.3) is 5.91 Å². The summed E-state index contributed by atoms with van der Waals surface area (Å²) in [6.07, 6.45) is 0. The Morgan fingerprint density at radius 3 is 2.70 bits per heavy atom. The molecule has 3 aromatic rings. The second-order valence-electron chi connectivity index (χ2n) is 5.52. The van der Waals surface area contributed by atoms with Gasteiger partial charge in [0.1, 0.15) is 4.88 Å². The van der Waals surface area contributed by atoms with E-state index in [1.54, 1.807) is 13.0 Å². The maximum absolute atomic E-state index is 12.4. The predicted octanol–water partition coefficient (Wildman–Crippen LogP) is 4.63. The van der Waals surface area contributed by atoms with E-state index in [1.165, 1.54) is 30.6 Å². The van der Waals surface area contributed by atoms with Crippen LogP contribution in [0.15, 0.2) is 47.6 Å². The van der Waals surface area contributed by atoms with Crippen LogP contribution in [0, 0.1) is 10.1 Å². The van der Waals surface area contributed by atoms with Crippen molar-refractivity contribution in [3.05, 3.63) is 68.0 Å². The highest BCUT2D eigenvalue weighted by molar-refractivity contribution is 7.21. The average Bonchev–Trinajstić information content (AvgIpc) is 3.02. The number of nitrogens with one attached hydrogen (secondary N) is 1. The van der Waals surface area contributed by atoms with Crippen molar-refractivity contribution in [1.29, 1.82) is 0 Å². The lowest BCUT2D eigenvalue weighted by Gasteiger charge is -2.05. The lowest BCUT2D eigenvalue weighted by atomic mass is 10.1. The molecule has 0 aliphatic carbocycles. The largest absolute Gasteiger partial charge is 0.490 e. The highest BCUT2D eigenvalue weighted by atomic mass is 35.5. The summed E-state index contributed by atoms with van der Waals surface area (Å²) < 4.78 is 5.88. The summed E-state index contributed by atoms with van der Waals surface area (Å²) >= 11 is 7.56. The monoisotopic (exact) mass is 403 g/mol. The minimum Gasteiger partial charge on any atom is -0.490 e. The van der Waals surface area contributed by atoms with E-state index in [4.69, 9.17) is 16.3 Å². The molecule has 138 valence electrons. The Morgan fingerprint density at radius 1 is 1.30 bits per heavy atom. The van der Waals surface area contributed by atoms with Gasteiger partial charge in [-0.15, -0.1) is 11.3 Å². The summed E-state index contributed by atoms with van der Waals surface area (Å²) in [5.74, 6) is -0.291. The molecule has 0 bridgehead atoms. The zero-order chi connectivity index (χ0) is 19.6. The van der Waals surface area contributed by atoms with Gasteiger partial charge in [0, 0.05) is 21.7 Å². The third-order valence-electron chi connectivity index (χ3n) is 3.86. The van der Waals surface area contributed by atoms with Gasteiger partial charge in [-0.2, -0.15) is 5.10 Å². The summed E-state index contributed by atoms with van der Waals surface area (Å²) in [5, 5.41) is 16.4. The van der Waals surface area contributed by atoms with E-state index in [-0.39, 0.29) is 11.4 Å². The topological polar surface area (TPSA) is 93.8 Å². The molecule has 3 rings (SSSR count). The average molecular weight is 404 g/mol. The number of ether oxygens (including phenoxy) is 1. The minimum atomic E-state index is -0.537. The van der Waals surface area contributed by atoms with Gasteiger partial charge in [-0.05, 0) is 25.1 Å². The fourth-order valence-corrected chi connectivity index (χ4v) is 3.87. The molecule has 9 heteroatoms. The van der Waals surface area contributed by atoms with Crippen LogP contribution in [0.3, 0.4) is 0 Å². The number of methoxy groups -OCH3 is 1. The fourth-order valence-electron chi connectivity index (χ4n) is 2.47. The van der Waals surface area contributed by atoms with Crippen molar-refractivity contribution in [3.63, 3.8) is 0 Å². The Hall–Kier alpha value is -2.97. The number of halogens is 1. The first-order valence-electron chi connectivity index (χ1n) is 7.77. The van der Waals surface area contributed by atoms with Crippen LogP contribution in [0.4, 0.5) is 5.69 Å². The fraction of sp³-hybridized carbons (Fsp3) is 0.111. The van der Waals surface area contributed by atoms with Crippen LogP contribution < -0.4 is 10.2 Å². The standard InChI is InChI=1S/C18H14ClN3O4S/c1-10(11-7-8-14(26-2)13(9-11)22(24)25)20-21-18(23)17-16(19)12-5-3-4-6-15(12)27-17/h3-9H,1-2H3,(H,21,23)/b20-10+. The number of rotatable bonds is 5. The van der Waals surface area contributed by atoms with Crippen molar-refractivity contribution >= 4 is 50.3 Å². The van der Waals surface area contributed by atoms with Crippen molar-refractivity contribution in [2.75, 3.05) is 7.11 Å². The van der Waals surface area contributed by atoms with Gasteiger partial charge in [0.15, 0.2) is 5.75 Å². The molecule has 1 aromatic heterocycles. The van der Waals surface area contributed by atoms with Crippen LogP contribution in [0.25, 0.3) is 10.1 Å². The number of hydrazone groups is 1. The van der Waals surface area contributed by atoms with Gasteiger partial charge in [-0.3, -0.25) is 14.9 Å². The SMILES string of the molecule is COc1ccc(/C(C)=N/NC(=O)c2sc3ccccc3c2Cl)cc1[N+](=O)[O-]. The normalized spacial score (nSPS) is 11.4. The van der Waals surface area contributed by atoms with Gasteiger partial charge >= 0.3 is 5.69 Å². The molecule has 7 nitrogen and oxygen atoms in total. The van der Waals surface area contributed by atoms with E-state index in [2.05, 4.69) is 10.5 Å². The number of nitro groups is 1. The summed E-state index contributed by atoms with van der Waals surface area (Å²) in [5.41, 5.74) is 3.17. The van der Waals surface area contributed by atoms with Crippen LogP contribution in [-0.2, 0) is 0 Å². The first-order valence-corrected chi connectivity index (χ1v) is 8.96. The summed E-state index contributed by atoms with van der Waals surface area (Å²) in [6.45, 7) is 1.64. The second-order valence-corrected chi connectivity index (χ2v) is 6.95. The predicted molar refractivity (Wildman–Crippen MR) is 106 cm³/mol. The molecule has 2 aromatic carbocycles. The molecule has 1 heterocycles. The molecular weight excluding hydrogens is 390 g/mol. The molecular formula is C18H14ClN3O4S. The number of nitrogens with zero attached hydrogens (tertiary/aromatic N) is 2. The van der Waals surface area contributed by atoms with Gasteiger partial charge < -0.3 is 4.74 Å². The van der Waals surface area contributed by atoms with Gasteiger partial charge in [0.2, 0.25) is 0 Å². The molecule has 0 spiro atoms. The highest BCUT2D eigenvalue weighted by Crippen LogP contribution is 2.35. The smallest absolute Gasteiger partial charge is 0.311 e. The Kier molecular flexibility index (Phi) is 5.38. The first-order chi connectivity index (χ1) is 12.9. The van der Waals surface area contributed by atoms with Crippen LogP contribution in [-0.4, -0.2) is 23.7 Å². The Morgan fingerprint density at radius 2 is 2.04 bits per heavy atom. The molecule has 1 N–H and O–H groups in total. The lowest BCUT2D eigenvalue weighted by molar-refractivity contribution is -0.385. The van der Waals surface area contributed by atoms with Crippen LogP contribution in [0.1, 0.15) is 22.2 Å². The lowest BCUT2D eigenvalue weighted by Crippen LogP contribution is -2.18. The van der Waals surface area contributed by atoms with Crippen LogP contribution in [0.2, 0.25) is 5.02 Å². The van der Waals surface area contributed by atoms with E-state index in [0.717, 1.165) is 10.1 Å². The molecule has 0 atom stereocenters. The molecule has 1 amide bonds. The molecule has 0 aliphatic heterocycles. The van der Waals surface area contributed by atoms with Crippen molar-refractivity contribution < 1.29 is 14.5 Å². The van der Waals surface area contributed by atoms with Gasteiger partial charge in [-0.25, -0.2) is 5.43 Å². The number of carbonyl (C=O) groups is 1. The number of hydrogen-bond acceptors (Lipinski definition) is 6. The number of amides is 1. The van der Waals surface area contributed by atoms with E-state index >= 15 is 0 Å². The number of nitro benzene ring substituents is 1. The zero-order valence-electron chi connectivity index (χ0n) is 14.4. The molecule has 0 aliphatic rings. The molecule has 0 radical (unpaired) electrons. The summed E-state index contributed by atoms with van der Waals surface area (Å²) in [6, 6.07) is 11.9. The third-order valence-corrected chi connectivity index (χ3v) is 5.53. The Bertz CT molecular complexity index is 1080. The molecule has 0 unspecified atom stereocenters. The number of hydrogen-bond donors (Lipinski definition) is 1. The van der Waals surface area contributed by atoms with E-state index in [9.17, 15) is 14.9 Å². The molecule has 0 fully saturated rings. The highest BCUT2D eigenvalue weighted by Gasteiger charge is 2.18. The Labute approximate surface area is 163 Å². The number of thiophene rings is 1. The number of carbonyl (C=O) groups excluding carboxylic acids is 1. The first kappa shape index (κ1) is 18.8. The van der Waals surface area contributed by atoms with Crippen LogP contribution >= 0.6 is 22.9 Å². The second kappa shape index (κ2) is 7.73. The minimum absolute atomic E-state index is 0.151. The summed E-state index contributed by atoms with van der Waals surface area (Å²) in [4.78, 5) is 23.4. The van der Waals surface area contributed by atoms with Gasteiger partial charge in [0.05, 0.1) is 22.8 Å². The van der Waals surface area contributed by atoms with Crippen molar-refractivity contribution in [2.24, 2.45) is 5.10 Å². The molecule has 0 saturated carbocycles. The zero-order valence-corrected chi connectivity index (χ0v) is 15.9. The van der Waals surface area contributed by atoms with Crippen LogP contribution in [0.5, 0.6) is 5.75 Å². The van der Waals surface area contributed by atoms with E-state index in [0.29, 0.717) is 21.2 Å². The Balaban J connectivity index is 1.84. The number of fused-ring (bicyclic) bond motifs is 1. The maximum Gasteiger partial charge on any atom is 0.311 e.